The number of carbonyl (C=O) groups is 2. The molecule has 0 aliphatic heterocycles. The van der Waals surface area contributed by atoms with Gasteiger partial charge in [0, 0.05) is 12.8 Å². The van der Waals surface area contributed by atoms with Crippen molar-refractivity contribution < 1.29 is 24.5 Å². The predicted molar refractivity (Wildman–Crippen MR) is 380 cm³/mol. The van der Waals surface area contributed by atoms with Gasteiger partial charge in [0.05, 0.1) is 25.4 Å². The largest absolute Gasteiger partial charge is 0.466 e. The van der Waals surface area contributed by atoms with E-state index in [0.29, 0.717) is 19.4 Å². The molecule has 0 bridgehead atoms. The number of aliphatic hydroxyl groups excluding tert-OH is 2. The summed E-state index contributed by atoms with van der Waals surface area (Å²) in [5, 5.41) is 23.2. The van der Waals surface area contributed by atoms with E-state index in [1.165, 1.54) is 398 Å². The maximum atomic E-state index is 12.5. The van der Waals surface area contributed by atoms with Crippen LogP contribution in [0.1, 0.15) is 463 Å². The summed E-state index contributed by atoms with van der Waals surface area (Å²) in [7, 11) is 0. The Kier molecular flexibility index (Phi) is 74.8. The van der Waals surface area contributed by atoms with Gasteiger partial charge in [-0.2, -0.15) is 0 Å². The summed E-state index contributed by atoms with van der Waals surface area (Å²) in [6, 6.07) is -0.622. The van der Waals surface area contributed by atoms with E-state index in [0.717, 1.165) is 38.5 Å². The van der Waals surface area contributed by atoms with Crippen LogP contribution in [-0.2, 0) is 14.3 Å². The smallest absolute Gasteiger partial charge is 0.305 e. The van der Waals surface area contributed by atoms with Gasteiger partial charge in [-0.1, -0.05) is 431 Å². The molecule has 0 aromatic carbocycles. The van der Waals surface area contributed by atoms with Gasteiger partial charge in [-0.05, 0) is 32.1 Å². The molecule has 0 aromatic rings. The van der Waals surface area contributed by atoms with Crippen molar-refractivity contribution in [2.24, 2.45) is 0 Å². The minimum Gasteiger partial charge on any atom is -0.466 e. The van der Waals surface area contributed by atoms with Crippen molar-refractivity contribution in [1.82, 2.24) is 5.32 Å². The Morgan fingerprint density at radius 3 is 0.791 bits per heavy atom. The lowest BCUT2D eigenvalue weighted by atomic mass is 10.0. The van der Waals surface area contributed by atoms with Crippen molar-refractivity contribution in [3.8, 4) is 0 Å². The molecule has 0 aliphatic carbocycles. The second-order valence-electron chi connectivity index (χ2n) is 27.8. The maximum Gasteiger partial charge on any atom is 0.305 e. The molecule has 512 valence electrons. The molecule has 6 nitrogen and oxygen atoms in total. The molecule has 0 aromatic heterocycles. The zero-order valence-corrected chi connectivity index (χ0v) is 58.8. The predicted octanol–water partition coefficient (Wildman–Crippen LogP) is 26.3. The topological polar surface area (TPSA) is 95.9 Å². The molecule has 3 N–H and O–H groups in total. The number of nitrogens with one attached hydrogen (secondary N) is 1. The van der Waals surface area contributed by atoms with E-state index in [1.54, 1.807) is 6.08 Å². The lowest BCUT2D eigenvalue weighted by Crippen LogP contribution is -2.45. The fourth-order valence-electron chi connectivity index (χ4n) is 13.0. The van der Waals surface area contributed by atoms with Crippen LogP contribution in [-0.4, -0.2) is 47.4 Å². The molecule has 2 atom stereocenters. The Labute approximate surface area is 539 Å². The Balaban J connectivity index is 3.28. The van der Waals surface area contributed by atoms with E-state index in [4.69, 9.17) is 4.74 Å². The average Bonchev–Trinajstić information content (AvgIpc) is 3.52. The first-order chi connectivity index (χ1) is 42.5. The van der Waals surface area contributed by atoms with Gasteiger partial charge in [0.1, 0.15) is 0 Å². The third-order valence-electron chi connectivity index (χ3n) is 19.1. The number of hydrogen-bond donors (Lipinski definition) is 3. The van der Waals surface area contributed by atoms with Gasteiger partial charge in [0.2, 0.25) is 5.91 Å². The minimum atomic E-state index is -0.839. The fourth-order valence-corrected chi connectivity index (χ4v) is 13.0. The molecular formula is C80H157NO5. The van der Waals surface area contributed by atoms with Gasteiger partial charge in [0.25, 0.3) is 0 Å². The van der Waals surface area contributed by atoms with E-state index >= 15 is 0 Å². The normalized spacial score (nSPS) is 12.5. The van der Waals surface area contributed by atoms with Gasteiger partial charge in [-0.25, -0.2) is 0 Å². The van der Waals surface area contributed by atoms with Crippen LogP contribution in [0.3, 0.4) is 0 Å². The fraction of sp³-hybridized carbons (Fsp3) is 0.950. The van der Waals surface area contributed by atoms with Crippen LogP contribution in [0.25, 0.3) is 0 Å². The molecule has 0 spiro atoms. The Hall–Kier alpha value is -1.40. The molecule has 86 heavy (non-hydrogen) atoms. The highest BCUT2D eigenvalue weighted by Gasteiger charge is 2.18. The highest BCUT2D eigenvalue weighted by Crippen LogP contribution is 2.20. The van der Waals surface area contributed by atoms with Gasteiger partial charge >= 0.3 is 5.97 Å². The first kappa shape index (κ1) is 84.6. The number of ether oxygens (including phenoxy) is 1. The van der Waals surface area contributed by atoms with Crippen LogP contribution < -0.4 is 5.32 Å². The first-order valence-electron chi connectivity index (χ1n) is 40.0. The zero-order chi connectivity index (χ0) is 62.0. The van der Waals surface area contributed by atoms with Crippen LogP contribution in [0.4, 0.5) is 0 Å². The number of rotatable bonds is 76. The molecule has 0 saturated carbocycles. The second kappa shape index (κ2) is 76.1. The number of aliphatic hydroxyl groups is 2. The van der Waals surface area contributed by atoms with Crippen molar-refractivity contribution >= 4 is 11.9 Å². The van der Waals surface area contributed by atoms with E-state index in [2.05, 4.69) is 19.2 Å². The molecule has 0 saturated heterocycles. The summed E-state index contributed by atoms with van der Waals surface area (Å²) in [6.07, 6.45) is 96.4. The molecule has 1 amide bonds. The molecule has 0 rings (SSSR count). The number of allylic oxidation sites excluding steroid dienone is 1. The highest BCUT2D eigenvalue weighted by molar-refractivity contribution is 5.76. The van der Waals surface area contributed by atoms with E-state index < -0.39 is 12.1 Å². The quantitative estimate of drug-likeness (QED) is 0.0320. The average molecular weight is 1210 g/mol. The Morgan fingerprint density at radius 2 is 0.535 bits per heavy atom. The van der Waals surface area contributed by atoms with E-state index in [-0.39, 0.29) is 18.5 Å². The molecule has 0 fully saturated rings. The highest BCUT2D eigenvalue weighted by atomic mass is 16.5. The minimum absolute atomic E-state index is 0.0279. The SMILES string of the molecule is CCCCCCCCCCCCCCC/C=C/C(O)C(CO)NC(=O)CCCCCCCCCCCCCCCCCCCCCCCCCCCCCCCCCCCCCCCCCOC(=O)CCCCCCCCCCCCCCCCC. The third kappa shape index (κ3) is 71.7. The van der Waals surface area contributed by atoms with Crippen molar-refractivity contribution in [3.63, 3.8) is 0 Å². The van der Waals surface area contributed by atoms with Gasteiger partial charge < -0.3 is 20.3 Å². The summed E-state index contributed by atoms with van der Waals surface area (Å²) in [6.45, 7) is 4.96. The molecule has 0 radical (unpaired) electrons. The molecular weight excluding hydrogens is 1050 g/mol. The van der Waals surface area contributed by atoms with Crippen LogP contribution in [0, 0.1) is 0 Å². The standard InChI is InChI=1S/C80H157NO5/c1-3-5-7-9-11-13-15-17-44-48-52-56-60-64-68-72-78(83)77(76-82)81-79(84)73-69-65-61-57-53-49-46-42-40-38-36-34-32-30-28-26-24-22-20-19-21-23-25-27-29-31-33-35-37-39-41-43-47-51-55-59-63-67-71-75-86-80(85)74-70-66-62-58-54-50-45-18-16-14-12-10-8-6-4-2/h68,72,77-78,82-83H,3-67,69-71,73-76H2,1-2H3,(H,81,84)/b72-68+. The van der Waals surface area contributed by atoms with Gasteiger partial charge in [0.15, 0.2) is 0 Å². The Morgan fingerprint density at radius 1 is 0.314 bits per heavy atom. The number of carbonyl (C=O) groups excluding carboxylic acids is 2. The third-order valence-corrected chi connectivity index (χ3v) is 19.1. The van der Waals surface area contributed by atoms with Crippen molar-refractivity contribution in [2.75, 3.05) is 13.2 Å². The summed E-state index contributed by atoms with van der Waals surface area (Å²) in [5.74, 6) is -0.0305. The zero-order valence-electron chi connectivity index (χ0n) is 58.8. The lowest BCUT2D eigenvalue weighted by molar-refractivity contribution is -0.143. The van der Waals surface area contributed by atoms with E-state index in [1.807, 2.05) is 6.08 Å². The number of esters is 1. The molecule has 6 heteroatoms. The molecule has 0 heterocycles. The monoisotopic (exact) mass is 1210 g/mol. The van der Waals surface area contributed by atoms with Crippen molar-refractivity contribution in [1.29, 1.82) is 0 Å². The summed E-state index contributed by atoms with van der Waals surface area (Å²) < 4.78 is 5.51. The summed E-state index contributed by atoms with van der Waals surface area (Å²) >= 11 is 0. The first-order valence-corrected chi connectivity index (χ1v) is 40.0. The molecule has 0 aliphatic rings. The Bertz CT molecular complexity index is 1300. The summed E-state index contributed by atoms with van der Waals surface area (Å²) in [5.41, 5.74) is 0. The molecule has 2 unspecified atom stereocenters. The maximum absolute atomic E-state index is 12.5. The lowest BCUT2D eigenvalue weighted by Gasteiger charge is -2.20. The van der Waals surface area contributed by atoms with Crippen molar-refractivity contribution in [2.45, 2.75) is 475 Å². The van der Waals surface area contributed by atoms with E-state index in [9.17, 15) is 19.8 Å². The number of hydrogen-bond acceptors (Lipinski definition) is 5. The second-order valence-corrected chi connectivity index (χ2v) is 27.8. The van der Waals surface area contributed by atoms with Crippen molar-refractivity contribution in [3.05, 3.63) is 12.2 Å². The van der Waals surface area contributed by atoms with Gasteiger partial charge in [-0.15, -0.1) is 0 Å². The number of amides is 1. The van der Waals surface area contributed by atoms with Crippen LogP contribution in [0.15, 0.2) is 12.2 Å². The van der Waals surface area contributed by atoms with Gasteiger partial charge in [-0.3, -0.25) is 9.59 Å². The van der Waals surface area contributed by atoms with Crippen LogP contribution in [0.2, 0.25) is 0 Å². The number of unbranched alkanes of at least 4 members (excludes halogenated alkanes) is 65. The van der Waals surface area contributed by atoms with Crippen LogP contribution >= 0.6 is 0 Å². The summed E-state index contributed by atoms with van der Waals surface area (Å²) in [4.78, 5) is 24.6. The van der Waals surface area contributed by atoms with Crippen LogP contribution in [0.5, 0.6) is 0 Å².